The van der Waals surface area contributed by atoms with Gasteiger partial charge in [0.05, 0.1) is 15.2 Å². The molecule has 26 heavy (non-hydrogen) atoms. The minimum Gasteiger partial charge on any atom is -0.294 e. The van der Waals surface area contributed by atoms with Crippen molar-refractivity contribution in [2.24, 2.45) is 0 Å². The topological polar surface area (TPSA) is 30.0 Å². The fraction of sp³-hybridized carbons (Fsp3) is 0.0909. The predicted octanol–water partition coefficient (Wildman–Crippen LogP) is 6.35. The SMILES string of the molecule is Cc1ccc2sc(-c3ccc(CC(=O)c4ccccc4Cl)cc3)nc2c1. The van der Waals surface area contributed by atoms with E-state index >= 15 is 0 Å². The normalized spacial score (nSPS) is 11.0. The van der Waals surface area contributed by atoms with Gasteiger partial charge in [-0.25, -0.2) is 4.98 Å². The summed E-state index contributed by atoms with van der Waals surface area (Å²) in [5.41, 5.74) is 4.85. The Morgan fingerprint density at radius 3 is 2.58 bits per heavy atom. The van der Waals surface area contributed by atoms with Crippen LogP contribution in [0.1, 0.15) is 21.5 Å². The van der Waals surface area contributed by atoms with Gasteiger partial charge in [0.25, 0.3) is 0 Å². The first kappa shape index (κ1) is 17.0. The summed E-state index contributed by atoms with van der Waals surface area (Å²) in [6, 6.07) is 21.5. The van der Waals surface area contributed by atoms with Crippen LogP contribution < -0.4 is 0 Å². The maximum Gasteiger partial charge on any atom is 0.168 e. The van der Waals surface area contributed by atoms with Gasteiger partial charge in [-0.05, 0) is 42.3 Å². The number of halogens is 1. The average molecular weight is 378 g/mol. The Balaban J connectivity index is 1.56. The van der Waals surface area contributed by atoms with Gasteiger partial charge < -0.3 is 0 Å². The number of carbonyl (C=O) groups is 1. The molecule has 0 aliphatic rings. The Labute approximate surface area is 161 Å². The quantitative estimate of drug-likeness (QED) is 0.388. The van der Waals surface area contributed by atoms with Crippen molar-refractivity contribution >= 4 is 38.9 Å². The van der Waals surface area contributed by atoms with E-state index in [-0.39, 0.29) is 5.78 Å². The van der Waals surface area contributed by atoms with Crippen LogP contribution in [0.5, 0.6) is 0 Å². The standard InChI is InChI=1S/C22H16ClNOS/c1-14-6-11-21-19(12-14)24-22(26-21)16-9-7-15(8-10-16)13-20(25)17-4-2-3-5-18(17)23/h2-12H,13H2,1H3. The van der Waals surface area contributed by atoms with Crippen molar-refractivity contribution in [2.75, 3.05) is 0 Å². The molecule has 2 nitrogen and oxygen atoms in total. The van der Waals surface area contributed by atoms with E-state index in [1.807, 2.05) is 36.4 Å². The average Bonchev–Trinajstić information content (AvgIpc) is 3.05. The van der Waals surface area contributed by atoms with Crippen molar-refractivity contribution in [1.29, 1.82) is 0 Å². The van der Waals surface area contributed by atoms with Crippen LogP contribution in [0.2, 0.25) is 5.02 Å². The van der Waals surface area contributed by atoms with Crippen LogP contribution in [0.3, 0.4) is 0 Å². The maximum atomic E-state index is 12.4. The van der Waals surface area contributed by atoms with Crippen molar-refractivity contribution in [2.45, 2.75) is 13.3 Å². The monoisotopic (exact) mass is 377 g/mol. The Hall–Kier alpha value is -2.49. The van der Waals surface area contributed by atoms with Gasteiger partial charge in [0.1, 0.15) is 5.01 Å². The number of rotatable bonds is 4. The van der Waals surface area contributed by atoms with Crippen LogP contribution in [0.4, 0.5) is 0 Å². The van der Waals surface area contributed by atoms with Gasteiger partial charge in [-0.2, -0.15) is 0 Å². The Bertz CT molecular complexity index is 1100. The molecule has 3 aromatic carbocycles. The van der Waals surface area contributed by atoms with Crippen LogP contribution in [0.15, 0.2) is 66.7 Å². The number of Topliss-reactive ketones (excluding diaryl/α,β-unsaturated/α-hetero) is 1. The van der Waals surface area contributed by atoms with Crippen molar-refractivity contribution in [3.63, 3.8) is 0 Å². The lowest BCUT2D eigenvalue weighted by Gasteiger charge is -2.04. The highest BCUT2D eigenvalue weighted by Gasteiger charge is 2.11. The lowest BCUT2D eigenvalue weighted by molar-refractivity contribution is 0.0993. The van der Waals surface area contributed by atoms with Gasteiger partial charge >= 0.3 is 0 Å². The zero-order valence-electron chi connectivity index (χ0n) is 14.2. The highest BCUT2D eigenvalue weighted by Crippen LogP contribution is 2.31. The number of nitrogens with zero attached hydrogens (tertiary/aromatic N) is 1. The summed E-state index contributed by atoms with van der Waals surface area (Å²) in [5, 5.41) is 1.49. The number of carbonyl (C=O) groups excluding carboxylic acids is 1. The summed E-state index contributed by atoms with van der Waals surface area (Å²) in [4.78, 5) is 17.2. The molecule has 0 aliphatic heterocycles. The molecule has 0 amide bonds. The molecule has 0 N–H and O–H groups in total. The van der Waals surface area contributed by atoms with E-state index in [1.54, 1.807) is 23.5 Å². The highest BCUT2D eigenvalue weighted by molar-refractivity contribution is 7.21. The van der Waals surface area contributed by atoms with Gasteiger partial charge in [0.2, 0.25) is 0 Å². The van der Waals surface area contributed by atoms with Crippen molar-refractivity contribution in [3.8, 4) is 10.6 Å². The molecule has 0 spiro atoms. The number of hydrogen-bond donors (Lipinski definition) is 0. The maximum absolute atomic E-state index is 12.4. The molecule has 0 fully saturated rings. The van der Waals surface area contributed by atoms with E-state index < -0.39 is 0 Å². The molecule has 0 saturated carbocycles. The molecular formula is C22H16ClNOS. The summed E-state index contributed by atoms with van der Waals surface area (Å²) < 4.78 is 1.18. The van der Waals surface area contributed by atoms with Gasteiger partial charge in [0, 0.05) is 17.5 Å². The zero-order valence-corrected chi connectivity index (χ0v) is 15.8. The summed E-state index contributed by atoms with van der Waals surface area (Å²) in [7, 11) is 0. The summed E-state index contributed by atoms with van der Waals surface area (Å²) >= 11 is 7.79. The molecule has 1 aromatic heterocycles. The third-order valence-corrected chi connectivity index (χ3v) is 5.70. The molecule has 4 heteroatoms. The molecule has 0 radical (unpaired) electrons. The largest absolute Gasteiger partial charge is 0.294 e. The van der Waals surface area contributed by atoms with Crippen LogP contribution in [-0.4, -0.2) is 10.8 Å². The second-order valence-corrected chi connectivity index (χ2v) is 7.70. The first-order valence-corrected chi connectivity index (χ1v) is 9.54. The second-order valence-electron chi connectivity index (χ2n) is 6.27. The van der Waals surface area contributed by atoms with Crippen molar-refractivity contribution < 1.29 is 4.79 Å². The Kier molecular flexibility index (Phi) is 4.58. The zero-order chi connectivity index (χ0) is 18.1. The highest BCUT2D eigenvalue weighted by atomic mass is 35.5. The number of aromatic nitrogens is 1. The van der Waals surface area contributed by atoms with Gasteiger partial charge in [-0.15, -0.1) is 11.3 Å². The summed E-state index contributed by atoms with van der Waals surface area (Å²) in [6.07, 6.45) is 0.336. The molecule has 0 saturated heterocycles. The molecular weight excluding hydrogens is 362 g/mol. The Morgan fingerprint density at radius 1 is 1.04 bits per heavy atom. The number of ketones is 1. The molecule has 4 rings (SSSR count). The van der Waals surface area contributed by atoms with Crippen molar-refractivity contribution in [3.05, 3.63) is 88.4 Å². The number of benzene rings is 3. The van der Waals surface area contributed by atoms with Gasteiger partial charge in [-0.1, -0.05) is 54.1 Å². The van der Waals surface area contributed by atoms with E-state index in [0.29, 0.717) is 17.0 Å². The Morgan fingerprint density at radius 2 is 1.81 bits per heavy atom. The van der Waals surface area contributed by atoms with E-state index in [2.05, 4.69) is 25.1 Å². The minimum absolute atomic E-state index is 0.0267. The first-order chi connectivity index (χ1) is 12.6. The van der Waals surface area contributed by atoms with Gasteiger partial charge in [-0.3, -0.25) is 4.79 Å². The van der Waals surface area contributed by atoms with E-state index in [1.165, 1.54) is 10.3 Å². The van der Waals surface area contributed by atoms with Crippen LogP contribution in [0, 0.1) is 6.92 Å². The molecule has 128 valence electrons. The molecule has 4 aromatic rings. The first-order valence-electron chi connectivity index (χ1n) is 8.34. The van der Waals surface area contributed by atoms with E-state index in [0.717, 1.165) is 21.7 Å². The lowest BCUT2D eigenvalue weighted by atomic mass is 10.0. The van der Waals surface area contributed by atoms with Crippen LogP contribution in [0.25, 0.3) is 20.8 Å². The van der Waals surface area contributed by atoms with E-state index in [9.17, 15) is 4.79 Å². The third kappa shape index (κ3) is 3.41. The number of fused-ring (bicyclic) bond motifs is 1. The fourth-order valence-electron chi connectivity index (χ4n) is 2.89. The predicted molar refractivity (Wildman–Crippen MR) is 109 cm³/mol. The van der Waals surface area contributed by atoms with E-state index in [4.69, 9.17) is 16.6 Å². The molecule has 0 atom stereocenters. The minimum atomic E-state index is 0.0267. The molecule has 0 bridgehead atoms. The molecule has 0 aliphatic carbocycles. The summed E-state index contributed by atoms with van der Waals surface area (Å²) in [5.74, 6) is 0.0267. The molecule has 0 unspecified atom stereocenters. The lowest BCUT2D eigenvalue weighted by Crippen LogP contribution is -2.04. The number of hydrogen-bond acceptors (Lipinski definition) is 3. The van der Waals surface area contributed by atoms with Crippen molar-refractivity contribution in [1.82, 2.24) is 4.98 Å². The smallest absolute Gasteiger partial charge is 0.168 e. The summed E-state index contributed by atoms with van der Waals surface area (Å²) in [6.45, 7) is 2.07. The van der Waals surface area contributed by atoms with Gasteiger partial charge in [0.15, 0.2) is 5.78 Å². The third-order valence-electron chi connectivity index (χ3n) is 4.28. The van der Waals surface area contributed by atoms with Crippen LogP contribution in [-0.2, 0) is 6.42 Å². The fourth-order valence-corrected chi connectivity index (χ4v) is 4.09. The number of aryl methyl sites for hydroxylation is 1. The molecule has 1 heterocycles. The number of thiazole rings is 1. The van der Waals surface area contributed by atoms with Crippen LogP contribution >= 0.6 is 22.9 Å². The second kappa shape index (κ2) is 7.02.